The summed E-state index contributed by atoms with van der Waals surface area (Å²) in [4.78, 5) is 3.87. The first-order valence-electron chi connectivity index (χ1n) is 5.26. The van der Waals surface area contributed by atoms with Gasteiger partial charge in [0.1, 0.15) is 0 Å². The fourth-order valence-corrected chi connectivity index (χ4v) is 3.72. The Bertz CT molecular complexity index is 487. The molecule has 1 fully saturated rings. The van der Waals surface area contributed by atoms with Gasteiger partial charge in [0.2, 0.25) is 0 Å². The van der Waals surface area contributed by atoms with E-state index in [2.05, 4.69) is 4.98 Å². The van der Waals surface area contributed by atoms with E-state index < -0.39 is 10.0 Å². The van der Waals surface area contributed by atoms with Crippen molar-refractivity contribution in [1.29, 1.82) is 0 Å². The van der Waals surface area contributed by atoms with Crippen LogP contribution in [0, 0.1) is 0 Å². The highest BCUT2D eigenvalue weighted by atomic mass is 32.2. The Morgan fingerprint density at radius 2 is 2.31 bits per heavy atom. The Hall–Kier alpha value is -1.14. The molecule has 0 saturated carbocycles. The van der Waals surface area contributed by atoms with Gasteiger partial charge in [-0.3, -0.25) is 0 Å². The predicted octanol–water partition coefficient (Wildman–Crippen LogP) is 0.837. The molecule has 0 spiro atoms. The third-order valence-electron chi connectivity index (χ3n) is 2.85. The van der Waals surface area contributed by atoms with Gasteiger partial charge in [-0.25, -0.2) is 13.4 Å². The quantitative estimate of drug-likeness (QED) is 0.832. The number of nitrogens with zero attached hydrogens (tertiary/aromatic N) is 2. The lowest BCUT2D eigenvalue weighted by atomic mass is 10.3. The zero-order valence-corrected chi connectivity index (χ0v) is 9.94. The molecule has 5 nitrogen and oxygen atoms in total. The van der Waals surface area contributed by atoms with Crippen LogP contribution >= 0.6 is 0 Å². The first-order valence-corrected chi connectivity index (χ1v) is 6.70. The van der Waals surface area contributed by atoms with Crippen LogP contribution in [-0.4, -0.2) is 30.3 Å². The Balaban J connectivity index is 2.43. The fourth-order valence-electron chi connectivity index (χ4n) is 1.99. The van der Waals surface area contributed by atoms with Gasteiger partial charge in [-0.1, -0.05) is 0 Å². The molecule has 0 radical (unpaired) electrons. The Morgan fingerprint density at radius 1 is 1.56 bits per heavy atom. The molecule has 2 rings (SSSR count). The van der Waals surface area contributed by atoms with E-state index in [4.69, 9.17) is 5.73 Å². The average molecular weight is 241 g/mol. The molecule has 1 aromatic heterocycles. The summed E-state index contributed by atoms with van der Waals surface area (Å²) in [5.74, 6) is 0. The second-order valence-corrected chi connectivity index (χ2v) is 5.81. The number of hydrogen-bond acceptors (Lipinski definition) is 4. The topological polar surface area (TPSA) is 76.3 Å². The van der Waals surface area contributed by atoms with Crippen LogP contribution in [0.25, 0.3) is 0 Å². The van der Waals surface area contributed by atoms with Gasteiger partial charge in [-0.2, -0.15) is 4.31 Å². The smallest absolute Gasteiger partial charge is 0.262 e. The molecule has 1 aliphatic rings. The number of hydrogen-bond donors (Lipinski definition) is 1. The minimum Gasteiger partial charge on any atom is -0.396 e. The summed E-state index contributed by atoms with van der Waals surface area (Å²) >= 11 is 0. The molecular formula is C10H15N3O2S. The van der Waals surface area contributed by atoms with Crippen LogP contribution in [0.3, 0.4) is 0 Å². The summed E-state index contributed by atoms with van der Waals surface area (Å²) in [7, 11) is -3.52. The second kappa shape index (κ2) is 4.03. The van der Waals surface area contributed by atoms with Gasteiger partial charge in [-0.05, 0) is 31.9 Å². The van der Waals surface area contributed by atoms with E-state index in [9.17, 15) is 8.42 Å². The van der Waals surface area contributed by atoms with Gasteiger partial charge in [0.05, 0.1) is 5.69 Å². The van der Waals surface area contributed by atoms with Gasteiger partial charge in [0.25, 0.3) is 10.0 Å². The molecule has 6 heteroatoms. The lowest BCUT2D eigenvalue weighted by Gasteiger charge is -2.20. The maximum absolute atomic E-state index is 12.2. The highest BCUT2D eigenvalue weighted by Crippen LogP contribution is 2.26. The van der Waals surface area contributed by atoms with Crippen LogP contribution in [0.1, 0.15) is 19.8 Å². The van der Waals surface area contributed by atoms with Crippen LogP contribution in [0.15, 0.2) is 23.4 Å². The van der Waals surface area contributed by atoms with Crippen molar-refractivity contribution in [3.63, 3.8) is 0 Å². The zero-order valence-electron chi connectivity index (χ0n) is 9.13. The van der Waals surface area contributed by atoms with E-state index in [1.165, 1.54) is 10.5 Å². The van der Waals surface area contributed by atoms with Crippen molar-refractivity contribution in [2.24, 2.45) is 0 Å². The van der Waals surface area contributed by atoms with E-state index in [1.54, 1.807) is 12.1 Å². The largest absolute Gasteiger partial charge is 0.396 e. The minimum absolute atomic E-state index is 0.0243. The number of anilines is 1. The third kappa shape index (κ3) is 1.78. The van der Waals surface area contributed by atoms with Gasteiger partial charge >= 0.3 is 0 Å². The number of nitrogens with two attached hydrogens (primary N) is 1. The van der Waals surface area contributed by atoms with Crippen LogP contribution in [0.5, 0.6) is 0 Å². The minimum atomic E-state index is -3.52. The molecule has 1 aliphatic heterocycles. The molecule has 0 bridgehead atoms. The number of sulfonamides is 1. The van der Waals surface area contributed by atoms with Crippen molar-refractivity contribution in [3.8, 4) is 0 Å². The van der Waals surface area contributed by atoms with Crippen LogP contribution < -0.4 is 5.73 Å². The molecule has 1 atom stereocenters. The molecule has 0 amide bonds. The fraction of sp³-hybridized carbons (Fsp3) is 0.500. The van der Waals surface area contributed by atoms with Crippen molar-refractivity contribution in [3.05, 3.63) is 18.3 Å². The van der Waals surface area contributed by atoms with Crippen molar-refractivity contribution >= 4 is 15.7 Å². The van der Waals surface area contributed by atoms with Crippen molar-refractivity contribution < 1.29 is 8.42 Å². The summed E-state index contributed by atoms with van der Waals surface area (Å²) in [5, 5.41) is -0.0243. The molecule has 0 aromatic carbocycles. The highest BCUT2D eigenvalue weighted by Gasteiger charge is 2.34. The van der Waals surface area contributed by atoms with Gasteiger partial charge in [-0.15, -0.1) is 0 Å². The summed E-state index contributed by atoms with van der Waals surface area (Å²) in [6, 6.07) is 3.22. The highest BCUT2D eigenvalue weighted by molar-refractivity contribution is 7.89. The average Bonchev–Trinajstić information content (AvgIpc) is 2.65. The Morgan fingerprint density at radius 3 is 2.88 bits per heavy atom. The maximum Gasteiger partial charge on any atom is 0.262 e. The molecule has 88 valence electrons. The third-order valence-corrected chi connectivity index (χ3v) is 4.84. The molecule has 2 N–H and O–H groups in total. The predicted molar refractivity (Wildman–Crippen MR) is 61.2 cm³/mol. The second-order valence-electron chi connectivity index (χ2n) is 4.00. The molecule has 1 aromatic rings. The van der Waals surface area contributed by atoms with Crippen LogP contribution in [0.4, 0.5) is 5.69 Å². The molecular weight excluding hydrogens is 226 g/mol. The lowest BCUT2D eigenvalue weighted by molar-refractivity contribution is 0.406. The SMILES string of the molecule is CC1CCCN1S(=O)(=O)c1ncccc1N. The first-order chi connectivity index (χ1) is 7.53. The van der Waals surface area contributed by atoms with E-state index in [-0.39, 0.29) is 16.8 Å². The summed E-state index contributed by atoms with van der Waals surface area (Å²) in [6.07, 6.45) is 3.24. The number of aromatic nitrogens is 1. The first kappa shape index (κ1) is 11.3. The molecule has 0 aliphatic carbocycles. The maximum atomic E-state index is 12.2. The number of rotatable bonds is 2. The number of nitrogen functional groups attached to an aromatic ring is 1. The van der Waals surface area contributed by atoms with Crippen LogP contribution in [-0.2, 0) is 10.0 Å². The van der Waals surface area contributed by atoms with Gasteiger partial charge in [0, 0.05) is 18.8 Å². The van der Waals surface area contributed by atoms with Gasteiger partial charge in [0.15, 0.2) is 5.03 Å². The molecule has 2 heterocycles. The number of pyridine rings is 1. The van der Waals surface area contributed by atoms with E-state index in [1.807, 2.05) is 6.92 Å². The van der Waals surface area contributed by atoms with E-state index in [0.717, 1.165) is 12.8 Å². The summed E-state index contributed by atoms with van der Waals surface area (Å²) in [5.41, 5.74) is 5.86. The standard InChI is InChI=1S/C10H15N3O2S/c1-8-4-3-7-13(8)16(14,15)10-9(11)5-2-6-12-10/h2,5-6,8H,3-4,7,11H2,1H3. The van der Waals surface area contributed by atoms with Crippen molar-refractivity contribution in [1.82, 2.24) is 9.29 Å². The van der Waals surface area contributed by atoms with Gasteiger partial charge < -0.3 is 5.73 Å². The Labute approximate surface area is 95.3 Å². The Kier molecular flexibility index (Phi) is 2.86. The zero-order chi connectivity index (χ0) is 11.8. The van der Waals surface area contributed by atoms with Crippen LogP contribution in [0.2, 0.25) is 0 Å². The van der Waals surface area contributed by atoms with Crippen molar-refractivity contribution in [2.45, 2.75) is 30.8 Å². The normalized spacial score (nSPS) is 22.4. The lowest BCUT2D eigenvalue weighted by Crippen LogP contribution is -2.34. The van der Waals surface area contributed by atoms with E-state index in [0.29, 0.717) is 6.54 Å². The summed E-state index contributed by atoms with van der Waals surface area (Å²) < 4.78 is 26.0. The molecule has 16 heavy (non-hydrogen) atoms. The molecule has 1 saturated heterocycles. The van der Waals surface area contributed by atoms with E-state index >= 15 is 0 Å². The molecule has 1 unspecified atom stereocenters. The summed E-state index contributed by atoms with van der Waals surface area (Å²) in [6.45, 7) is 2.46. The van der Waals surface area contributed by atoms with Crippen molar-refractivity contribution in [2.75, 3.05) is 12.3 Å². The monoisotopic (exact) mass is 241 g/mol.